The smallest absolute Gasteiger partial charge is 0.240 e. The Morgan fingerprint density at radius 1 is 1.04 bits per heavy atom. The summed E-state index contributed by atoms with van der Waals surface area (Å²) in [5, 5.41) is 8.37. The number of nitrogens with one attached hydrogen (secondary N) is 1. The van der Waals surface area contributed by atoms with E-state index in [9.17, 15) is 8.42 Å². The van der Waals surface area contributed by atoms with E-state index >= 15 is 0 Å². The molecule has 0 unspecified atom stereocenters. The first-order valence-electron chi connectivity index (χ1n) is 10.2. The SMILES string of the molecule is Cc1ccc(N2CCC(CNS(=O)(=O)c3ccc4c(c3)CCCC4)CC2)nn1. The minimum absolute atomic E-state index is 0.349. The topological polar surface area (TPSA) is 75.2 Å². The first-order valence-corrected chi connectivity index (χ1v) is 11.7. The minimum Gasteiger partial charge on any atom is -0.355 e. The Labute approximate surface area is 167 Å². The van der Waals surface area contributed by atoms with Crippen LogP contribution in [0.25, 0.3) is 0 Å². The van der Waals surface area contributed by atoms with Crippen molar-refractivity contribution in [3.8, 4) is 0 Å². The van der Waals surface area contributed by atoms with Crippen LogP contribution in [-0.4, -0.2) is 38.2 Å². The van der Waals surface area contributed by atoms with Crippen molar-refractivity contribution < 1.29 is 8.42 Å². The molecule has 1 aliphatic carbocycles. The third-order valence-electron chi connectivity index (χ3n) is 5.91. The Morgan fingerprint density at radius 2 is 1.79 bits per heavy atom. The van der Waals surface area contributed by atoms with Gasteiger partial charge in [-0.1, -0.05) is 6.07 Å². The lowest BCUT2D eigenvalue weighted by molar-refractivity contribution is 0.400. The lowest BCUT2D eigenvalue weighted by atomic mass is 9.92. The molecule has 2 aliphatic rings. The molecule has 0 amide bonds. The highest BCUT2D eigenvalue weighted by Gasteiger charge is 2.23. The van der Waals surface area contributed by atoms with Crippen molar-refractivity contribution in [2.45, 2.75) is 50.3 Å². The summed E-state index contributed by atoms with van der Waals surface area (Å²) in [5.74, 6) is 1.25. The highest BCUT2D eigenvalue weighted by atomic mass is 32.2. The van der Waals surface area contributed by atoms with E-state index in [1.54, 1.807) is 6.07 Å². The Morgan fingerprint density at radius 3 is 2.50 bits per heavy atom. The lowest BCUT2D eigenvalue weighted by Crippen LogP contribution is -2.39. The summed E-state index contributed by atoms with van der Waals surface area (Å²) in [5.41, 5.74) is 3.41. The highest BCUT2D eigenvalue weighted by Crippen LogP contribution is 2.25. The molecule has 1 aromatic carbocycles. The first kappa shape index (κ1) is 19.3. The zero-order valence-electron chi connectivity index (χ0n) is 16.4. The summed E-state index contributed by atoms with van der Waals surface area (Å²) in [4.78, 5) is 2.63. The van der Waals surface area contributed by atoms with Crippen molar-refractivity contribution in [1.29, 1.82) is 0 Å². The average Bonchev–Trinajstić information content (AvgIpc) is 2.73. The molecule has 1 aliphatic heterocycles. The Bertz CT molecular complexity index is 920. The second-order valence-electron chi connectivity index (χ2n) is 7.95. The van der Waals surface area contributed by atoms with Crippen molar-refractivity contribution in [1.82, 2.24) is 14.9 Å². The number of nitrogens with zero attached hydrogens (tertiary/aromatic N) is 3. The molecule has 2 aromatic rings. The maximum Gasteiger partial charge on any atom is 0.240 e. The standard InChI is InChI=1S/C21H28N4O2S/c1-16-6-9-21(24-23-16)25-12-10-17(11-13-25)15-22-28(26,27)20-8-7-18-4-2-3-5-19(18)14-20/h6-9,14,17,22H,2-5,10-13,15H2,1H3. The molecule has 1 aromatic heterocycles. The van der Waals surface area contributed by atoms with Crippen LogP contribution in [0.2, 0.25) is 0 Å². The summed E-state index contributed by atoms with van der Waals surface area (Å²) in [6.45, 7) is 4.18. The van der Waals surface area contributed by atoms with Crippen LogP contribution >= 0.6 is 0 Å². The fraction of sp³-hybridized carbons (Fsp3) is 0.524. The van der Waals surface area contributed by atoms with Gasteiger partial charge in [0.15, 0.2) is 5.82 Å². The van der Waals surface area contributed by atoms with Gasteiger partial charge in [0.2, 0.25) is 10.0 Å². The van der Waals surface area contributed by atoms with Crippen molar-refractivity contribution in [2.24, 2.45) is 5.92 Å². The number of fused-ring (bicyclic) bond motifs is 1. The maximum atomic E-state index is 12.7. The number of hydrogen-bond donors (Lipinski definition) is 1. The predicted octanol–water partition coefficient (Wildman–Crippen LogP) is 2.86. The molecular formula is C21H28N4O2S. The molecule has 0 bridgehead atoms. The van der Waals surface area contributed by atoms with E-state index in [-0.39, 0.29) is 0 Å². The van der Waals surface area contributed by atoms with Gasteiger partial charge in [0.05, 0.1) is 10.6 Å². The van der Waals surface area contributed by atoms with Crippen LogP contribution in [0.4, 0.5) is 5.82 Å². The summed E-state index contributed by atoms with van der Waals surface area (Å²) < 4.78 is 28.3. The molecule has 0 spiro atoms. The van der Waals surface area contributed by atoms with E-state index in [2.05, 4.69) is 19.8 Å². The van der Waals surface area contributed by atoms with Gasteiger partial charge in [-0.3, -0.25) is 0 Å². The van der Waals surface area contributed by atoms with Crippen LogP contribution in [0.1, 0.15) is 42.5 Å². The van der Waals surface area contributed by atoms with E-state index in [1.165, 1.54) is 17.5 Å². The molecule has 0 saturated carbocycles. The Balaban J connectivity index is 1.32. The van der Waals surface area contributed by atoms with Crippen molar-refractivity contribution in [3.05, 3.63) is 47.2 Å². The number of piperidine rings is 1. The monoisotopic (exact) mass is 400 g/mol. The third kappa shape index (κ3) is 4.36. The molecule has 6 nitrogen and oxygen atoms in total. The summed E-state index contributed by atoms with van der Waals surface area (Å²) in [6.07, 6.45) is 6.29. The van der Waals surface area contributed by atoms with Gasteiger partial charge in [0, 0.05) is 19.6 Å². The number of aromatic nitrogens is 2. The number of aryl methyl sites for hydroxylation is 3. The van der Waals surface area contributed by atoms with Crippen molar-refractivity contribution in [2.75, 3.05) is 24.5 Å². The van der Waals surface area contributed by atoms with Crippen LogP contribution in [-0.2, 0) is 22.9 Å². The van der Waals surface area contributed by atoms with Gasteiger partial charge in [-0.15, -0.1) is 5.10 Å². The fourth-order valence-electron chi connectivity index (χ4n) is 4.11. The van der Waals surface area contributed by atoms with Gasteiger partial charge in [-0.05, 0) is 86.8 Å². The Kier molecular flexibility index (Phi) is 5.64. The van der Waals surface area contributed by atoms with E-state index in [0.717, 1.165) is 56.7 Å². The summed E-state index contributed by atoms with van der Waals surface area (Å²) in [6, 6.07) is 9.59. The van der Waals surface area contributed by atoms with E-state index in [0.29, 0.717) is 17.4 Å². The second kappa shape index (κ2) is 8.17. The molecule has 28 heavy (non-hydrogen) atoms. The average molecular weight is 401 g/mol. The Hall–Kier alpha value is -1.99. The van der Waals surface area contributed by atoms with Crippen LogP contribution < -0.4 is 9.62 Å². The molecule has 7 heteroatoms. The van der Waals surface area contributed by atoms with E-state index < -0.39 is 10.0 Å². The van der Waals surface area contributed by atoms with E-state index in [1.807, 2.05) is 31.2 Å². The molecule has 2 heterocycles. The predicted molar refractivity (Wildman–Crippen MR) is 110 cm³/mol. The van der Waals surface area contributed by atoms with Crippen LogP contribution in [0.3, 0.4) is 0 Å². The van der Waals surface area contributed by atoms with Crippen LogP contribution in [0, 0.1) is 12.8 Å². The van der Waals surface area contributed by atoms with Crippen molar-refractivity contribution in [3.63, 3.8) is 0 Å². The first-order chi connectivity index (χ1) is 13.5. The molecule has 150 valence electrons. The molecule has 1 fully saturated rings. The second-order valence-corrected chi connectivity index (χ2v) is 9.72. The molecule has 0 radical (unpaired) electrons. The molecule has 4 rings (SSSR count). The number of hydrogen-bond acceptors (Lipinski definition) is 5. The number of benzene rings is 1. The highest BCUT2D eigenvalue weighted by molar-refractivity contribution is 7.89. The quantitative estimate of drug-likeness (QED) is 0.835. The fourth-order valence-corrected chi connectivity index (χ4v) is 5.28. The van der Waals surface area contributed by atoms with Gasteiger partial charge in [0.1, 0.15) is 0 Å². The zero-order valence-corrected chi connectivity index (χ0v) is 17.2. The van der Waals surface area contributed by atoms with Crippen molar-refractivity contribution >= 4 is 15.8 Å². The largest absolute Gasteiger partial charge is 0.355 e. The van der Waals surface area contributed by atoms with Gasteiger partial charge >= 0.3 is 0 Å². The van der Waals surface area contributed by atoms with Gasteiger partial charge in [0.25, 0.3) is 0 Å². The minimum atomic E-state index is -3.45. The van der Waals surface area contributed by atoms with Gasteiger partial charge < -0.3 is 4.90 Å². The molecular weight excluding hydrogens is 372 g/mol. The van der Waals surface area contributed by atoms with Gasteiger partial charge in [-0.25, -0.2) is 13.1 Å². The summed E-state index contributed by atoms with van der Waals surface area (Å²) >= 11 is 0. The molecule has 1 N–H and O–H groups in total. The molecule has 0 atom stereocenters. The third-order valence-corrected chi connectivity index (χ3v) is 7.34. The van der Waals surface area contributed by atoms with E-state index in [4.69, 9.17) is 0 Å². The zero-order chi connectivity index (χ0) is 19.6. The number of anilines is 1. The number of sulfonamides is 1. The van der Waals surface area contributed by atoms with Gasteiger partial charge in [-0.2, -0.15) is 5.10 Å². The number of rotatable bonds is 5. The summed E-state index contributed by atoms with van der Waals surface area (Å²) in [7, 11) is -3.45. The maximum absolute atomic E-state index is 12.7. The molecule has 1 saturated heterocycles. The van der Waals surface area contributed by atoms with Crippen LogP contribution in [0.5, 0.6) is 0 Å². The lowest BCUT2D eigenvalue weighted by Gasteiger charge is -2.32. The van der Waals surface area contributed by atoms with Crippen LogP contribution in [0.15, 0.2) is 35.2 Å². The normalized spacial score (nSPS) is 18.1.